The number of nitrogens with one attached hydrogen (secondary N) is 1. The van der Waals surface area contributed by atoms with E-state index in [9.17, 15) is 0 Å². The van der Waals surface area contributed by atoms with Gasteiger partial charge in [0.2, 0.25) is 0 Å². The standard InChI is InChI=1S/C15H26N2O/c1-12(2)6-4-5-9-17-11-13-7-8-14(16)10-15(13)18-3/h7-8,10,12,17H,4-6,9,11,16H2,1-3H3. The minimum Gasteiger partial charge on any atom is -0.496 e. The zero-order chi connectivity index (χ0) is 13.4. The Balaban J connectivity index is 2.27. The molecule has 0 radical (unpaired) electrons. The minimum atomic E-state index is 0.743. The fraction of sp³-hybridized carbons (Fsp3) is 0.600. The molecule has 0 atom stereocenters. The molecule has 0 unspecified atom stereocenters. The average Bonchev–Trinajstić information content (AvgIpc) is 2.34. The largest absolute Gasteiger partial charge is 0.496 e. The molecule has 0 amide bonds. The van der Waals surface area contributed by atoms with Gasteiger partial charge in [-0.05, 0) is 24.9 Å². The Morgan fingerprint density at radius 3 is 2.72 bits per heavy atom. The quantitative estimate of drug-likeness (QED) is 0.550. The molecular formula is C15H26N2O. The van der Waals surface area contributed by atoms with Gasteiger partial charge in [-0.15, -0.1) is 0 Å². The van der Waals surface area contributed by atoms with Crippen molar-refractivity contribution in [3.63, 3.8) is 0 Å². The molecule has 0 aromatic heterocycles. The van der Waals surface area contributed by atoms with Crippen molar-refractivity contribution in [2.24, 2.45) is 5.92 Å². The van der Waals surface area contributed by atoms with Gasteiger partial charge in [-0.1, -0.05) is 32.8 Å². The second kappa shape index (κ2) is 7.98. The number of unbranched alkanes of at least 4 members (excludes halogenated alkanes) is 1. The molecule has 0 aliphatic heterocycles. The predicted octanol–water partition coefficient (Wildman–Crippen LogP) is 3.19. The van der Waals surface area contributed by atoms with Crippen LogP contribution in [-0.4, -0.2) is 13.7 Å². The van der Waals surface area contributed by atoms with Gasteiger partial charge in [0.25, 0.3) is 0 Å². The van der Waals surface area contributed by atoms with Gasteiger partial charge in [0.1, 0.15) is 5.75 Å². The van der Waals surface area contributed by atoms with Crippen LogP contribution in [-0.2, 0) is 6.54 Å². The van der Waals surface area contributed by atoms with Crippen LogP contribution >= 0.6 is 0 Å². The number of hydrogen-bond acceptors (Lipinski definition) is 3. The number of ether oxygens (including phenoxy) is 1. The van der Waals surface area contributed by atoms with Gasteiger partial charge < -0.3 is 15.8 Å². The zero-order valence-electron chi connectivity index (χ0n) is 11.8. The molecule has 0 aliphatic rings. The van der Waals surface area contributed by atoms with Crippen LogP contribution < -0.4 is 15.8 Å². The molecule has 0 saturated heterocycles. The summed E-state index contributed by atoms with van der Waals surface area (Å²) in [6.45, 7) is 6.44. The van der Waals surface area contributed by atoms with E-state index in [1.165, 1.54) is 19.3 Å². The summed E-state index contributed by atoms with van der Waals surface area (Å²) in [4.78, 5) is 0. The molecular weight excluding hydrogens is 224 g/mol. The van der Waals surface area contributed by atoms with Gasteiger partial charge in [-0.3, -0.25) is 0 Å². The van der Waals surface area contributed by atoms with Crippen LogP contribution in [0.25, 0.3) is 0 Å². The summed E-state index contributed by atoms with van der Waals surface area (Å²) in [7, 11) is 1.68. The van der Waals surface area contributed by atoms with Crippen molar-refractivity contribution in [1.82, 2.24) is 5.32 Å². The highest BCUT2D eigenvalue weighted by molar-refractivity contribution is 5.48. The highest BCUT2D eigenvalue weighted by Crippen LogP contribution is 2.21. The number of rotatable bonds is 8. The first-order chi connectivity index (χ1) is 8.63. The third-order valence-corrected chi connectivity index (χ3v) is 3.01. The number of nitrogen functional groups attached to an aromatic ring is 1. The number of anilines is 1. The molecule has 0 aliphatic carbocycles. The summed E-state index contributed by atoms with van der Waals surface area (Å²) in [5, 5.41) is 3.45. The Morgan fingerprint density at radius 2 is 2.06 bits per heavy atom. The van der Waals surface area contributed by atoms with Crippen LogP contribution in [0.3, 0.4) is 0 Å². The summed E-state index contributed by atoms with van der Waals surface area (Å²) in [6.07, 6.45) is 3.84. The smallest absolute Gasteiger partial charge is 0.125 e. The van der Waals surface area contributed by atoms with E-state index in [0.29, 0.717) is 0 Å². The maximum absolute atomic E-state index is 5.73. The first-order valence-corrected chi connectivity index (χ1v) is 6.76. The normalized spacial score (nSPS) is 10.9. The second-order valence-electron chi connectivity index (χ2n) is 5.14. The lowest BCUT2D eigenvalue weighted by Crippen LogP contribution is -2.15. The maximum Gasteiger partial charge on any atom is 0.125 e. The van der Waals surface area contributed by atoms with E-state index in [2.05, 4.69) is 19.2 Å². The van der Waals surface area contributed by atoms with E-state index in [0.717, 1.165) is 36.0 Å². The Morgan fingerprint density at radius 1 is 1.28 bits per heavy atom. The Labute approximate surface area is 111 Å². The van der Waals surface area contributed by atoms with Crippen molar-refractivity contribution in [3.8, 4) is 5.75 Å². The van der Waals surface area contributed by atoms with Crippen LogP contribution in [0.2, 0.25) is 0 Å². The Hall–Kier alpha value is -1.22. The molecule has 0 bridgehead atoms. The fourth-order valence-corrected chi connectivity index (χ4v) is 1.93. The third kappa shape index (κ3) is 5.41. The number of nitrogens with two attached hydrogens (primary N) is 1. The SMILES string of the molecule is COc1cc(N)ccc1CNCCCCC(C)C. The molecule has 3 N–H and O–H groups in total. The maximum atomic E-state index is 5.73. The Kier molecular flexibility index (Phi) is 6.58. The molecule has 0 spiro atoms. The van der Waals surface area contributed by atoms with E-state index in [1.807, 2.05) is 18.2 Å². The highest BCUT2D eigenvalue weighted by Gasteiger charge is 2.02. The zero-order valence-corrected chi connectivity index (χ0v) is 11.8. The monoisotopic (exact) mass is 250 g/mol. The van der Waals surface area contributed by atoms with E-state index < -0.39 is 0 Å². The van der Waals surface area contributed by atoms with Crippen molar-refractivity contribution in [2.75, 3.05) is 19.4 Å². The summed E-state index contributed by atoms with van der Waals surface area (Å²) in [6, 6.07) is 5.81. The van der Waals surface area contributed by atoms with Crippen molar-refractivity contribution in [2.45, 2.75) is 39.7 Å². The second-order valence-corrected chi connectivity index (χ2v) is 5.14. The lowest BCUT2D eigenvalue weighted by molar-refractivity contribution is 0.407. The van der Waals surface area contributed by atoms with E-state index >= 15 is 0 Å². The van der Waals surface area contributed by atoms with E-state index in [1.54, 1.807) is 7.11 Å². The van der Waals surface area contributed by atoms with Crippen molar-refractivity contribution >= 4 is 5.69 Å². The molecule has 102 valence electrons. The van der Waals surface area contributed by atoms with Gasteiger partial charge in [0.05, 0.1) is 7.11 Å². The fourth-order valence-electron chi connectivity index (χ4n) is 1.93. The molecule has 0 saturated carbocycles. The van der Waals surface area contributed by atoms with E-state index in [-0.39, 0.29) is 0 Å². The molecule has 18 heavy (non-hydrogen) atoms. The van der Waals surface area contributed by atoms with Gasteiger partial charge >= 0.3 is 0 Å². The molecule has 1 aromatic carbocycles. The van der Waals surface area contributed by atoms with Crippen LogP contribution in [0, 0.1) is 5.92 Å². The topological polar surface area (TPSA) is 47.3 Å². The molecule has 3 nitrogen and oxygen atoms in total. The van der Waals surface area contributed by atoms with Crippen LogP contribution in [0.1, 0.15) is 38.7 Å². The molecule has 0 heterocycles. The lowest BCUT2D eigenvalue weighted by Gasteiger charge is -2.10. The Bertz CT molecular complexity index is 350. The van der Waals surface area contributed by atoms with Crippen LogP contribution in [0.15, 0.2) is 18.2 Å². The summed E-state index contributed by atoms with van der Waals surface area (Å²) in [5.74, 6) is 1.67. The molecule has 1 rings (SSSR count). The highest BCUT2D eigenvalue weighted by atomic mass is 16.5. The first kappa shape index (κ1) is 14.8. The summed E-state index contributed by atoms with van der Waals surface area (Å²) < 4.78 is 5.32. The van der Waals surface area contributed by atoms with Gasteiger partial charge in [0, 0.05) is 23.9 Å². The van der Waals surface area contributed by atoms with Gasteiger partial charge in [-0.2, -0.15) is 0 Å². The summed E-state index contributed by atoms with van der Waals surface area (Å²) in [5.41, 5.74) is 7.63. The lowest BCUT2D eigenvalue weighted by atomic mass is 10.1. The number of methoxy groups -OCH3 is 1. The molecule has 3 heteroatoms. The van der Waals surface area contributed by atoms with Gasteiger partial charge in [0.15, 0.2) is 0 Å². The van der Waals surface area contributed by atoms with Crippen LogP contribution in [0.4, 0.5) is 5.69 Å². The van der Waals surface area contributed by atoms with Crippen LogP contribution in [0.5, 0.6) is 5.75 Å². The van der Waals surface area contributed by atoms with Crippen molar-refractivity contribution in [3.05, 3.63) is 23.8 Å². The summed E-state index contributed by atoms with van der Waals surface area (Å²) >= 11 is 0. The van der Waals surface area contributed by atoms with Gasteiger partial charge in [-0.25, -0.2) is 0 Å². The van der Waals surface area contributed by atoms with Crippen molar-refractivity contribution in [1.29, 1.82) is 0 Å². The number of hydrogen-bond donors (Lipinski definition) is 2. The minimum absolute atomic E-state index is 0.743. The molecule has 0 fully saturated rings. The number of benzene rings is 1. The first-order valence-electron chi connectivity index (χ1n) is 6.76. The van der Waals surface area contributed by atoms with E-state index in [4.69, 9.17) is 10.5 Å². The van der Waals surface area contributed by atoms with Crippen molar-refractivity contribution < 1.29 is 4.74 Å². The average molecular weight is 250 g/mol. The third-order valence-electron chi connectivity index (χ3n) is 3.01. The predicted molar refractivity (Wildman–Crippen MR) is 77.8 cm³/mol. The molecule has 1 aromatic rings.